The summed E-state index contributed by atoms with van der Waals surface area (Å²) >= 11 is 2.94. The second kappa shape index (κ2) is 13.6. The molecule has 0 unspecified atom stereocenters. The van der Waals surface area contributed by atoms with Gasteiger partial charge in [0.1, 0.15) is 11.3 Å². The highest BCUT2D eigenvalue weighted by molar-refractivity contribution is 7.97. The van der Waals surface area contributed by atoms with Crippen LogP contribution in [0.2, 0.25) is 0 Å². The average Bonchev–Trinajstić information content (AvgIpc) is 3.25. The molecule has 6 nitrogen and oxygen atoms in total. The van der Waals surface area contributed by atoms with Crippen LogP contribution in [0.1, 0.15) is 22.8 Å². The largest absolute Gasteiger partial charge is 0.462 e. The quantitative estimate of drug-likeness (QED) is 0.187. The van der Waals surface area contributed by atoms with E-state index >= 15 is 0 Å². The van der Waals surface area contributed by atoms with Gasteiger partial charge in [-0.25, -0.2) is 4.79 Å². The fourth-order valence-corrected chi connectivity index (χ4v) is 4.23. The summed E-state index contributed by atoms with van der Waals surface area (Å²) in [5.74, 6) is -0.278. The van der Waals surface area contributed by atoms with Crippen LogP contribution in [-0.4, -0.2) is 37.6 Å². The van der Waals surface area contributed by atoms with Crippen molar-refractivity contribution in [3.8, 4) is 10.4 Å². The molecular weight excluding hydrogens is 432 g/mol. The first-order chi connectivity index (χ1) is 15.1. The van der Waals surface area contributed by atoms with Crippen molar-refractivity contribution < 1.29 is 19.4 Å². The number of ether oxygens (including phenoxy) is 1. The molecule has 1 aromatic heterocycles. The van der Waals surface area contributed by atoms with Gasteiger partial charge >= 0.3 is 5.97 Å². The zero-order chi connectivity index (χ0) is 22.5. The summed E-state index contributed by atoms with van der Waals surface area (Å²) in [5.41, 5.74) is 2.58. The van der Waals surface area contributed by atoms with Gasteiger partial charge in [0.2, 0.25) is 0 Å². The van der Waals surface area contributed by atoms with Crippen LogP contribution in [0.5, 0.6) is 0 Å². The lowest BCUT2D eigenvalue weighted by molar-refractivity contribution is -0.106. The van der Waals surface area contributed by atoms with Crippen LogP contribution >= 0.6 is 23.3 Å². The molecule has 0 amide bonds. The predicted molar refractivity (Wildman–Crippen MR) is 128 cm³/mol. The molecule has 8 heteroatoms. The fourth-order valence-electron chi connectivity index (χ4n) is 2.55. The SMILES string of the molecule is CCOC(=O)c1cc(-c2ccccc2)sc1NC.O=CCNSc1cccc(CO)c1. The normalized spacial score (nSPS) is 10.0. The van der Waals surface area contributed by atoms with E-state index in [1.165, 1.54) is 11.9 Å². The summed E-state index contributed by atoms with van der Waals surface area (Å²) in [5, 5.41) is 12.7. The maximum Gasteiger partial charge on any atom is 0.341 e. The van der Waals surface area contributed by atoms with E-state index in [0.717, 1.165) is 32.2 Å². The molecule has 0 aliphatic carbocycles. The van der Waals surface area contributed by atoms with Crippen molar-refractivity contribution in [2.45, 2.75) is 18.4 Å². The topological polar surface area (TPSA) is 87.7 Å². The lowest BCUT2D eigenvalue weighted by atomic mass is 10.1. The summed E-state index contributed by atoms with van der Waals surface area (Å²) in [6.07, 6.45) is 0.808. The third-order valence-electron chi connectivity index (χ3n) is 3.95. The molecule has 0 saturated carbocycles. The van der Waals surface area contributed by atoms with E-state index in [0.29, 0.717) is 18.7 Å². The van der Waals surface area contributed by atoms with Gasteiger partial charge in [0.25, 0.3) is 0 Å². The Morgan fingerprint density at radius 2 is 1.94 bits per heavy atom. The van der Waals surface area contributed by atoms with E-state index < -0.39 is 0 Å². The highest BCUT2D eigenvalue weighted by atomic mass is 32.2. The number of aldehydes is 1. The first-order valence-electron chi connectivity index (χ1n) is 9.70. The number of benzene rings is 2. The molecule has 0 aliphatic rings. The number of aliphatic hydroxyl groups is 1. The zero-order valence-corrected chi connectivity index (χ0v) is 19.1. The Morgan fingerprint density at radius 3 is 2.58 bits per heavy atom. The summed E-state index contributed by atoms with van der Waals surface area (Å²) < 4.78 is 7.92. The van der Waals surface area contributed by atoms with Crippen molar-refractivity contribution in [3.05, 3.63) is 71.8 Å². The maximum absolute atomic E-state index is 11.8. The van der Waals surface area contributed by atoms with Crippen LogP contribution in [0, 0.1) is 0 Å². The van der Waals surface area contributed by atoms with Crippen LogP contribution in [0.3, 0.4) is 0 Å². The maximum atomic E-state index is 11.8. The van der Waals surface area contributed by atoms with Gasteiger partial charge in [0, 0.05) is 16.8 Å². The first kappa shape index (κ1) is 24.6. The summed E-state index contributed by atoms with van der Waals surface area (Å²) in [7, 11) is 1.81. The van der Waals surface area contributed by atoms with E-state index in [-0.39, 0.29) is 12.6 Å². The number of rotatable bonds is 9. The molecular formula is C23H26N2O4S2. The summed E-state index contributed by atoms with van der Waals surface area (Å²) in [6, 6.07) is 19.4. The molecule has 3 N–H and O–H groups in total. The molecule has 0 bridgehead atoms. The minimum absolute atomic E-state index is 0.0437. The van der Waals surface area contributed by atoms with Gasteiger partial charge in [-0.15, -0.1) is 11.3 Å². The Balaban J connectivity index is 0.000000233. The third kappa shape index (κ3) is 7.84. The van der Waals surface area contributed by atoms with E-state index in [9.17, 15) is 9.59 Å². The fraction of sp³-hybridized carbons (Fsp3) is 0.217. The molecule has 3 aromatic rings. The minimum atomic E-state index is -0.278. The van der Waals surface area contributed by atoms with Gasteiger partial charge in [-0.3, -0.25) is 4.72 Å². The third-order valence-corrected chi connectivity index (χ3v) is 5.95. The first-order valence-corrected chi connectivity index (χ1v) is 11.3. The number of carbonyl (C=O) groups is 2. The standard InChI is InChI=1S/C14H15NO2S.C9H11NO2S/c1-3-17-14(16)11-9-12(18-13(11)15-2)10-7-5-4-6-8-10;11-5-4-10-13-9-3-1-2-8(6-9)7-12/h4-9,15H,3H2,1-2H3;1-3,5-6,10,12H,4,7H2. The van der Waals surface area contributed by atoms with Crippen LogP contribution < -0.4 is 10.0 Å². The molecule has 0 radical (unpaired) electrons. The van der Waals surface area contributed by atoms with E-state index in [2.05, 4.69) is 10.0 Å². The van der Waals surface area contributed by atoms with Gasteiger partial charge in [0.15, 0.2) is 0 Å². The minimum Gasteiger partial charge on any atom is -0.462 e. The van der Waals surface area contributed by atoms with Crippen LogP contribution in [0.4, 0.5) is 5.00 Å². The number of esters is 1. The number of anilines is 1. The van der Waals surface area contributed by atoms with E-state index in [4.69, 9.17) is 9.84 Å². The molecule has 2 aromatic carbocycles. The molecule has 1 heterocycles. The van der Waals surface area contributed by atoms with Crippen molar-refractivity contribution >= 4 is 40.5 Å². The van der Waals surface area contributed by atoms with Crippen molar-refractivity contribution in [2.24, 2.45) is 0 Å². The summed E-state index contributed by atoms with van der Waals surface area (Å²) in [4.78, 5) is 23.9. The molecule has 164 valence electrons. The van der Waals surface area contributed by atoms with Crippen LogP contribution in [0.25, 0.3) is 10.4 Å². The van der Waals surface area contributed by atoms with Crippen molar-refractivity contribution in [2.75, 3.05) is 25.5 Å². The Morgan fingerprint density at radius 1 is 1.16 bits per heavy atom. The highest BCUT2D eigenvalue weighted by Crippen LogP contribution is 2.35. The Labute approximate surface area is 190 Å². The highest BCUT2D eigenvalue weighted by Gasteiger charge is 2.16. The number of thiophene rings is 1. The number of aliphatic hydroxyl groups excluding tert-OH is 1. The van der Waals surface area contributed by atoms with Gasteiger partial charge < -0.3 is 20.0 Å². The van der Waals surface area contributed by atoms with Crippen molar-refractivity contribution in [1.82, 2.24) is 4.72 Å². The smallest absolute Gasteiger partial charge is 0.341 e. The van der Waals surface area contributed by atoms with Crippen molar-refractivity contribution in [1.29, 1.82) is 0 Å². The van der Waals surface area contributed by atoms with E-state index in [1.54, 1.807) is 18.3 Å². The second-order valence-corrected chi connectivity index (χ2v) is 8.13. The van der Waals surface area contributed by atoms with Crippen LogP contribution in [0.15, 0.2) is 65.6 Å². The molecule has 0 spiro atoms. The molecule has 0 aliphatic heterocycles. The van der Waals surface area contributed by atoms with Crippen molar-refractivity contribution in [3.63, 3.8) is 0 Å². The van der Waals surface area contributed by atoms with E-state index in [1.807, 2.05) is 67.7 Å². The molecule has 0 atom stereocenters. The van der Waals surface area contributed by atoms with Crippen LogP contribution in [-0.2, 0) is 16.1 Å². The number of nitrogens with one attached hydrogen (secondary N) is 2. The molecule has 0 saturated heterocycles. The monoisotopic (exact) mass is 458 g/mol. The Bertz CT molecular complexity index is 961. The molecule has 3 rings (SSSR count). The zero-order valence-electron chi connectivity index (χ0n) is 17.5. The lowest BCUT2D eigenvalue weighted by Crippen LogP contribution is -2.05. The van der Waals surface area contributed by atoms with Gasteiger partial charge in [-0.05, 0) is 48.2 Å². The Hall–Kier alpha value is -2.65. The Kier molecular flexibility index (Phi) is 10.8. The molecule has 0 fully saturated rings. The summed E-state index contributed by atoms with van der Waals surface area (Å²) in [6.45, 7) is 2.57. The number of hydrogen-bond acceptors (Lipinski definition) is 8. The second-order valence-electron chi connectivity index (χ2n) is 6.11. The molecule has 31 heavy (non-hydrogen) atoms. The average molecular weight is 459 g/mol. The van der Waals surface area contributed by atoms with Gasteiger partial charge in [0.05, 0.1) is 25.3 Å². The number of carbonyl (C=O) groups excluding carboxylic acids is 2. The lowest BCUT2D eigenvalue weighted by Gasteiger charge is -2.01. The predicted octanol–water partition coefficient (Wildman–Crippen LogP) is 4.61. The van der Waals surface area contributed by atoms with Gasteiger partial charge in [-0.2, -0.15) is 0 Å². The van der Waals surface area contributed by atoms with Gasteiger partial charge in [-0.1, -0.05) is 42.5 Å². The number of hydrogen-bond donors (Lipinski definition) is 3.